The molecule has 4 rings (SSSR count). The number of furan rings is 1. The number of hydrogen-bond acceptors (Lipinski definition) is 4. The molecule has 1 aromatic carbocycles. The Morgan fingerprint density at radius 3 is 2.85 bits per heavy atom. The van der Waals surface area contributed by atoms with E-state index in [1.807, 2.05) is 23.1 Å². The van der Waals surface area contributed by atoms with E-state index >= 15 is 0 Å². The highest BCUT2D eigenvalue weighted by molar-refractivity contribution is 5.84. The van der Waals surface area contributed by atoms with Gasteiger partial charge in [-0.15, -0.1) is 0 Å². The van der Waals surface area contributed by atoms with Gasteiger partial charge in [0, 0.05) is 42.9 Å². The second-order valence-corrected chi connectivity index (χ2v) is 7.63. The van der Waals surface area contributed by atoms with Gasteiger partial charge in [-0.3, -0.25) is 9.59 Å². The smallest absolute Gasteiger partial charge is 0.239 e. The maximum Gasteiger partial charge on any atom is 0.239 e. The van der Waals surface area contributed by atoms with Crippen LogP contribution < -0.4 is 11.1 Å². The van der Waals surface area contributed by atoms with Gasteiger partial charge in [-0.1, -0.05) is 18.2 Å². The van der Waals surface area contributed by atoms with Crippen molar-refractivity contribution >= 4 is 22.8 Å². The molecule has 3 N–H and O–H groups in total. The van der Waals surface area contributed by atoms with E-state index in [0.29, 0.717) is 32.2 Å². The van der Waals surface area contributed by atoms with Crippen LogP contribution in [-0.4, -0.2) is 41.9 Å². The molecule has 1 saturated heterocycles. The zero-order chi connectivity index (χ0) is 18.8. The Hall–Kier alpha value is -2.34. The summed E-state index contributed by atoms with van der Waals surface area (Å²) in [5.41, 5.74) is 8.14. The number of nitrogens with zero attached hydrogens (tertiary/aromatic N) is 1. The number of aryl methyl sites for hydroxylation is 1. The quantitative estimate of drug-likeness (QED) is 0.745. The van der Waals surface area contributed by atoms with E-state index in [4.69, 9.17) is 10.2 Å². The molecule has 144 valence electrons. The van der Waals surface area contributed by atoms with E-state index in [0.717, 1.165) is 48.1 Å². The summed E-state index contributed by atoms with van der Waals surface area (Å²) in [5, 5.41) is 4.01. The number of carbonyl (C=O) groups is 2. The summed E-state index contributed by atoms with van der Waals surface area (Å²) in [6.45, 7) is 1.33. The van der Waals surface area contributed by atoms with Crippen LogP contribution in [0.1, 0.15) is 43.4 Å². The lowest BCUT2D eigenvalue weighted by atomic mass is 9.98. The van der Waals surface area contributed by atoms with Crippen molar-refractivity contribution in [2.75, 3.05) is 13.1 Å². The lowest BCUT2D eigenvalue weighted by Crippen LogP contribution is -2.47. The lowest BCUT2D eigenvalue weighted by Gasteiger charge is -2.28. The molecule has 2 aliphatic heterocycles. The minimum atomic E-state index is -0.494. The molecule has 3 heterocycles. The number of nitrogens with one attached hydrogen (secondary N) is 1. The monoisotopic (exact) mass is 369 g/mol. The molecule has 0 spiro atoms. The van der Waals surface area contributed by atoms with Crippen molar-refractivity contribution in [3.8, 4) is 0 Å². The number of carbonyl (C=O) groups excluding carboxylic acids is 2. The van der Waals surface area contributed by atoms with Gasteiger partial charge in [0.2, 0.25) is 11.8 Å². The number of para-hydroxylation sites is 1. The Morgan fingerprint density at radius 2 is 1.96 bits per heavy atom. The van der Waals surface area contributed by atoms with E-state index in [1.165, 1.54) is 0 Å². The standard InChI is InChI=1S/C21H27N3O3/c22-17-7-3-11-23-20(25)10-9-19-16(15-6-1-2-8-18(15)27-19)13-14-5-4-12-24(14)21(17)26/h1-2,6,8,14,17H,3-5,7,9-13,22H2,(H,23,25)/t14-,17-/m0/s1. The van der Waals surface area contributed by atoms with E-state index < -0.39 is 6.04 Å². The van der Waals surface area contributed by atoms with Crippen molar-refractivity contribution in [2.24, 2.45) is 5.73 Å². The Balaban J connectivity index is 1.69. The van der Waals surface area contributed by atoms with Crippen molar-refractivity contribution in [1.29, 1.82) is 0 Å². The van der Waals surface area contributed by atoms with Gasteiger partial charge in [0.05, 0.1) is 6.04 Å². The summed E-state index contributed by atoms with van der Waals surface area (Å²) >= 11 is 0. The molecule has 2 amide bonds. The molecule has 2 aliphatic rings. The van der Waals surface area contributed by atoms with Gasteiger partial charge in [0.1, 0.15) is 11.3 Å². The molecule has 0 unspecified atom stereocenters. The van der Waals surface area contributed by atoms with E-state index in [-0.39, 0.29) is 17.9 Å². The first-order chi connectivity index (χ1) is 13.1. The van der Waals surface area contributed by atoms with Gasteiger partial charge in [-0.2, -0.15) is 0 Å². The third-order valence-electron chi connectivity index (χ3n) is 5.79. The van der Waals surface area contributed by atoms with Crippen molar-refractivity contribution < 1.29 is 14.0 Å². The van der Waals surface area contributed by atoms with Crippen LogP contribution in [0, 0.1) is 0 Å². The summed E-state index contributed by atoms with van der Waals surface area (Å²) < 4.78 is 6.09. The highest BCUT2D eigenvalue weighted by Crippen LogP contribution is 2.31. The molecule has 27 heavy (non-hydrogen) atoms. The van der Waals surface area contributed by atoms with Crippen molar-refractivity contribution in [2.45, 2.75) is 57.0 Å². The molecule has 6 heteroatoms. The second-order valence-electron chi connectivity index (χ2n) is 7.63. The third-order valence-corrected chi connectivity index (χ3v) is 5.79. The van der Waals surface area contributed by atoms with Crippen LogP contribution in [0.5, 0.6) is 0 Å². The highest BCUT2D eigenvalue weighted by atomic mass is 16.3. The number of fused-ring (bicyclic) bond motifs is 4. The van der Waals surface area contributed by atoms with Crippen LogP contribution in [0.4, 0.5) is 0 Å². The minimum Gasteiger partial charge on any atom is -0.461 e. The first-order valence-electron chi connectivity index (χ1n) is 9.95. The molecular weight excluding hydrogens is 342 g/mol. The summed E-state index contributed by atoms with van der Waals surface area (Å²) in [4.78, 5) is 27.0. The zero-order valence-corrected chi connectivity index (χ0v) is 15.6. The van der Waals surface area contributed by atoms with E-state index in [1.54, 1.807) is 0 Å². The predicted molar refractivity (Wildman–Crippen MR) is 103 cm³/mol. The molecule has 6 nitrogen and oxygen atoms in total. The first kappa shape index (κ1) is 18.0. The average Bonchev–Trinajstić information content (AvgIpc) is 3.27. The minimum absolute atomic E-state index is 0.0147. The number of benzene rings is 1. The van der Waals surface area contributed by atoms with Crippen molar-refractivity contribution in [1.82, 2.24) is 10.2 Å². The zero-order valence-electron chi connectivity index (χ0n) is 15.6. The SMILES string of the molecule is N[C@H]1CCCNC(=O)CCc2oc3ccccc3c2C[C@@H]2CCCN2C1=O. The van der Waals surface area contributed by atoms with Crippen LogP contribution in [0.25, 0.3) is 11.0 Å². The fourth-order valence-electron chi connectivity index (χ4n) is 4.35. The van der Waals surface area contributed by atoms with Gasteiger partial charge in [-0.05, 0) is 38.2 Å². The second kappa shape index (κ2) is 7.72. The van der Waals surface area contributed by atoms with Gasteiger partial charge < -0.3 is 20.4 Å². The largest absolute Gasteiger partial charge is 0.461 e. The van der Waals surface area contributed by atoms with Crippen LogP contribution >= 0.6 is 0 Å². The van der Waals surface area contributed by atoms with Crippen molar-refractivity contribution in [3.63, 3.8) is 0 Å². The number of hydrogen-bond donors (Lipinski definition) is 2. The third kappa shape index (κ3) is 3.72. The summed E-state index contributed by atoms with van der Waals surface area (Å²) in [7, 11) is 0. The Morgan fingerprint density at radius 1 is 1.11 bits per heavy atom. The molecule has 1 fully saturated rings. The number of amides is 2. The van der Waals surface area contributed by atoms with Gasteiger partial charge in [-0.25, -0.2) is 0 Å². The van der Waals surface area contributed by atoms with Gasteiger partial charge in [0.15, 0.2) is 0 Å². The Bertz CT molecular complexity index is 844. The molecule has 0 saturated carbocycles. The number of rotatable bonds is 0. The molecule has 0 bridgehead atoms. The first-order valence-corrected chi connectivity index (χ1v) is 9.95. The number of nitrogens with two attached hydrogens (primary N) is 1. The highest BCUT2D eigenvalue weighted by Gasteiger charge is 2.33. The fourth-order valence-corrected chi connectivity index (χ4v) is 4.35. The van der Waals surface area contributed by atoms with Crippen LogP contribution in [0.2, 0.25) is 0 Å². The van der Waals surface area contributed by atoms with E-state index in [9.17, 15) is 9.59 Å². The summed E-state index contributed by atoms with van der Waals surface area (Å²) in [6, 6.07) is 7.64. The summed E-state index contributed by atoms with van der Waals surface area (Å²) in [5.74, 6) is 0.920. The molecule has 0 aliphatic carbocycles. The van der Waals surface area contributed by atoms with Crippen LogP contribution in [0.15, 0.2) is 28.7 Å². The molecule has 0 radical (unpaired) electrons. The average molecular weight is 369 g/mol. The molecule has 2 atom stereocenters. The van der Waals surface area contributed by atoms with Crippen LogP contribution in [-0.2, 0) is 22.4 Å². The lowest BCUT2D eigenvalue weighted by molar-refractivity contribution is -0.133. The molecule has 1 aromatic heterocycles. The van der Waals surface area contributed by atoms with Gasteiger partial charge >= 0.3 is 0 Å². The Labute approximate surface area is 159 Å². The predicted octanol–water partition coefficient (Wildman–Crippen LogP) is 2.14. The maximum absolute atomic E-state index is 12.9. The molecule has 2 aromatic rings. The summed E-state index contributed by atoms with van der Waals surface area (Å²) in [6.07, 6.45) is 5.05. The topological polar surface area (TPSA) is 88.6 Å². The Kier molecular flexibility index (Phi) is 5.16. The van der Waals surface area contributed by atoms with Crippen molar-refractivity contribution in [3.05, 3.63) is 35.6 Å². The van der Waals surface area contributed by atoms with Gasteiger partial charge in [0.25, 0.3) is 0 Å². The molecular formula is C21H27N3O3. The van der Waals surface area contributed by atoms with Crippen LogP contribution in [0.3, 0.4) is 0 Å². The maximum atomic E-state index is 12.9. The normalized spacial score (nSPS) is 25.0. The fraction of sp³-hybridized carbons (Fsp3) is 0.524. The van der Waals surface area contributed by atoms with E-state index in [2.05, 4.69) is 11.4 Å².